The van der Waals surface area contributed by atoms with Crippen molar-refractivity contribution in [3.8, 4) is 5.75 Å². The lowest BCUT2D eigenvalue weighted by atomic mass is 9.91. The molecule has 0 radical (unpaired) electrons. The van der Waals surface area contributed by atoms with E-state index in [-0.39, 0.29) is 11.9 Å². The van der Waals surface area contributed by atoms with Gasteiger partial charge in [0.25, 0.3) is 5.91 Å². The third-order valence-electron chi connectivity index (χ3n) is 6.04. The van der Waals surface area contributed by atoms with E-state index in [1.807, 2.05) is 17.0 Å². The van der Waals surface area contributed by atoms with Gasteiger partial charge >= 0.3 is 0 Å². The van der Waals surface area contributed by atoms with Gasteiger partial charge in [0.1, 0.15) is 5.75 Å². The standard InChI is InChI=1S/C23H27NO3/c1-15-11-18-14-24(21-5-3-4-6-22(21)25)23(26)20(18)13-17(15)12-16-7-9-19(27-2)10-8-16/h7-11,13,21-22,25H,3-6,12,14H2,1-2H3/t21-,22-/m0/s1. The number of amides is 1. The van der Waals surface area contributed by atoms with Crippen LogP contribution in [0.3, 0.4) is 0 Å². The van der Waals surface area contributed by atoms with E-state index in [2.05, 4.69) is 31.2 Å². The summed E-state index contributed by atoms with van der Waals surface area (Å²) in [4.78, 5) is 14.9. The smallest absolute Gasteiger partial charge is 0.254 e. The minimum Gasteiger partial charge on any atom is -0.497 e. The first-order valence-corrected chi connectivity index (χ1v) is 9.81. The quantitative estimate of drug-likeness (QED) is 0.895. The van der Waals surface area contributed by atoms with Gasteiger partial charge in [0.15, 0.2) is 0 Å². The van der Waals surface area contributed by atoms with Crippen LogP contribution in [0.2, 0.25) is 0 Å². The van der Waals surface area contributed by atoms with Crippen LogP contribution in [0.4, 0.5) is 0 Å². The molecule has 4 rings (SSSR count). The molecular formula is C23H27NO3. The fourth-order valence-corrected chi connectivity index (χ4v) is 4.43. The summed E-state index contributed by atoms with van der Waals surface area (Å²) in [6, 6.07) is 12.2. The fourth-order valence-electron chi connectivity index (χ4n) is 4.43. The maximum Gasteiger partial charge on any atom is 0.254 e. The van der Waals surface area contributed by atoms with Crippen LogP contribution in [0.25, 0.3) is 0 Å². The molecule has 0 spiro atoms. The highest BCUT2D eigenvalue weighted by Crippen LogP contribution is 2.33. The van der Waals surface area contributed by atoms with Crippen LogP contribution < -0.4 is 4.74 Å². The van der Waals surface area contributed by atoms with Crippen LogP contribution in [0.1, 0.15) is 58.3 Å². The minimum absolute atomic E-state index is 0.0380. The van der Waals surface area contributed by atoms with Crippen molar-refractivity contribution in [1.29, 1.82) is 0 Å². The Labute approximate surface area is 160 Å². The summed E-state index contributed by atoms with van der Waals surface area (Å²) in [5, 5.41) is 10.4. The van der Waals surface area contributed by atoms with Gasteiger partial charge in [-0.25, -0.2) is 0 Å². The molecule has 2 aliphatic rings. The van der Waals surface area contributed by atoms with E-state index in [4.69, 9.17) is 4.74 Å². The number of aliphatic hydroxyl groups excluding tert-OH is 1. The van der Waals surface area contributed by atoms with E-state index in [0.29, 0.717) is 6.54 Å². The lowest BCUT2D eigenvalue weighted by molar-refractivity contribution is 0.0191. The number of carbonyl (C=O) groups excluding carboxylic acids is 1. The molecule has 0 saturated heterocycles. The number of hydrogen-bond donors (Lipinski definition) is 1. The van der Waals surface area contributed by atoms with Gasteiger partial charge in [-0.2, -0.15) is 0 Å². The number of ether oxygens (including phenoxy) is 1. The summed E-state index contributed by atoms with van der Waals surface area (Å²) in [5.41, 5.74) is 5.49. The summed E-state index contributed by atoms with van der Waals surface area (Å²) in [5.74, 6) is 0.924. The molecule has 1 heterocycles. The minimum atomic E-state index is -0.392. The lowest BCUT2D eigenvalue weighted by Crippen LogP contribution is -2.45. The Morgan fingerprint density at radius 2 is 1.89 bits per heavy atom. The van der Waals surface area contributed by atoms with Crippen molar-refractivity contribution in [2.45, 2.75) is 57.7 Å². The molecule has 1 aliphatic heterocycles. The van der Waals surface area contributed by atoms with Gasteiger partial charge in [-0.1, -0.05) is 31.0 Å². The molecule has 142 valence electrons. The molecule has 4 heteroatoms. The van der Waals surface area contributed by atoms with Gasteiger partial charge in [-0.05, 0) is 66.6 Å². The van der Waals surface area contributed by atoms with Gasteiger partial charge in [0, 0.05) is 12.1 Å². The van der Waals surface area contributed by atoms with Gasteiger partial charge in [-0.15, -0.1) is 0 Å². The first-order valence-electron chi connectivity index (χ1n) is 9.81. The molecule has 1 N–H and O–H groups in total. The fraction of sp³-hybridized carbons (Fsp3) is 0.435. The van der Waals surface area contributed by atoms with E-state index in [1.54, 1.807) is 7.11 Å². The van der Waals surface area contributed by atoms with Gasteiger partial charge in [-0.3, -0.25) is 4.79 Å². The number of carbonyl (C=O) groups is 1. The Bertz CT molecular complexity index is 843. The molecule has 27 heavy (non-hydrogen) atoms. The van der Waals surface area contributed by atoms with Crippen molar-refractivity contribution in [1.82, 2.24) is 4.90 Å². The number of methoxy groups -OCH3 is 1. The third-order valence-corrected chi connectivity index (χ3v) is 6.04. The maximum absolute atomic E-state index is 13.0. The van der Waals surface area contributed by atoms with Gasteiger partial charge in [0.2, 0.25) is 0 Å². The Morgan fingerprint density at radius 1 is 1.15 bits per heavy atom. The zero-order valence-corrected chi connectivity index (χ0v) is 16.1. The highest BCUT2D eigenvalue weighted by Gasteiger charge is 2.37. The maximum atomic E-state index is 13.0. The Kier molecular flexibility index (Phi) is 4.92. The zero-order valence-electron chi connectivity index (χ0n) is 16.1. The monoisotopic (exact) mass is 365 g/mol. The molecule has 4 nitrogen and oxygen atoms in total. The number of benzene rings is 2. The van der Waals surface area contributed by atoms with Gasteiger partial charge in [0.05, 0.1) is 19.3 Å². The highest BCUT2D eigenvalue weighted by atomic mass is 16.5. The van der Waals surface area contributed by atoms with Crippen LogP contribution in [0.5, 0.6) is 5.75 Å². The van der Waals surface area contributed by atoms with Crippen molar-refractivity contribution in [2.24, 2.45) is 0 Å². The number of nitrogens with zero attached hydrogens (tertiary/aromatic N) is 1. The molecule has 0 unspecified atom stereocenters. The Hall–Kier alpha value is -2.33. The number of hydrogen-bond acceptors (Lipinski definition) is 3. The first-order chi connectivity index (χ1) is 13.1. The predicted molar refractivity (Wildman–Crippen MR) is 105 cm³/mol. The molecule has 1 fully saturated rings. The van der Waals surface area contributed by atoms with E-state index in [1.165, 1.54) is 16.7 Å². The molecule has 2 aromatic rings. The molecule has 0 bridgehead atoms. The molecule has 1 aliphatic carbocycles. The normalized spacial score (nSPS) is 22.0. The summed E-state index contributed by atoms with van der Waals surface area (Å²) < 4.78 is 5.23. The number of rotatable bonds is 4. The van der Waals surface area contributed by atoms with Crippen LogP contribution in [0.15, 0.2) is 36.4 Å². The van der Waals surface area contributed by atoms with E-state index in [0.717, 1.165) is 49.0 Å². The lowest BCUT2D eigenvalue weighted by Gasteiger charge is -2.35. The average Bonchev–Trinajstić information content (AvgIpc) is 2.98. The highest BCUT2D eigenvalue weighted by molar-refractivity contribution is 5.99. The van der Waals surface area contributed by atoms with Crippen molar-refractivity contribution < 1.29 is 14.6 Å². The second-order valence-corrected chi connectivity index (χ2v) is 7.81. The summed E-state index contributed by atoms with van der Waals surface area (Å²) >= 11 is 0. The Morgan fingerprint density at radius 3 is 2.59 bits per heavy atom. The van der Waals surface area contributed by atoms with E-state index in [9.17, 15) is 9.90 Å². The van der Waals surface area contributed by atoms with Crippen molar-refractivity contribution >= 4 is 5.91 Å². The second-order valence-electron chi connectivity index (χ2n) is 7.81. The topological polar surface area (TPSA) is 49.8 Å². The van der Waals surface area contributed by atoms with Crippen molar-refractivity contribution in [3.05, 3.63) is 64.2 Å². The Balaban J connectivity index is 1.57. The van der Waals surface area contributed by atoms with Crippen LogP contribution in [-0.2, 0) is 13.0 Å². The second kappa shape index (κ2) is 7.35. The van der Waals surface area contributed by atoms with Crippen LogP contribution in [0, 0.1) is 6.92 Å². The predicted octanol–water partition coefficient (Wildman–Crippen LogP) is 3.85. The van der Waals surface area contributed by atoms with Crippen LogP contribution in [-0.4, -0.2) is 35.2 Å². The van der Waals surface area contributed by atoms with Crippen LogP contribution >= 0.6 is 0 Å². The molecule has 1 amide bonds. The molecule has 0 aromatic heterocycles. The first kappa shape index (κ1) is 18.1. The summed E-state index contributed by atoms with van der Waals surface area (Å²) in [7, 11) is 1.67. The number of fused-ring (bicyclic) bond motifs is 1. The SMILES string of the molecule is COc1ccc(Cc2cc3c(cc2C)CN([C@H]2CCCC[C@@H]2O)C3=O)cc1. The van der Waals surface area contributed by atoms with Crippen molar-refractivity contribution in [2.75, 3.05) is 7.11 Å². The molecular weight excluding hydrogens is 338 g/mol. The summed E-state index contributed by atoms with van der Waals surface area (Å²) in [6.07, 6.45) is 4.24. The zero-order chi connectivity index (χ0) is 19.0. The van der Waals surface area contributed by atoms with Gasteiger partial charge < -0.3 is 14.7 Å². The van der Waals surface area contributed by atoms with Crippen molar-refractivity contribution in [3.63, 3.8) is 0 Å². The molecule has 2 aromatic carbocycles. The molecule has 1 saturated carbocycles. The largest absolute Gasteiger partial charge is 0.497 e. The number of aliphatic hydroxyl groups is 1. The third kappa shape index (κ3) is 3.46. The number of aryl methyl sites for hydroxylation is 1. The summed E-state index contributed by atoms with van der Waals surface area (Å²) in [6.45, 7) is 2.74. The van der Waals surface area contributed by atoms with E-state index >= 15 is 0 Å². The van der Waals surface area contributed by atoms with E-state index < -0.39 is 6.10 Å². The average molecular weight is 365 g/mol. The molecule has 2 atom stereocenters.